The average Bonchev–Trinajstić information content (AvgIpc) is 3.12. The smallest absolute Gasteiger partial charge is 0.267 e. The number of amides is 3. The fraction of sp³-hybridized carbons (Fsp3) is 0.0909. The molecule has 1 aliphatic heterocycles. The summed E-state index contributed by atoms with van der Waals surface area (Å²) in [5.74, 6) is -0.901. The van der Waals surface area contributed by atoms with Crippen molar-refractivity contribution in [2.75, 3.05) is 16.0 Å². The van der Waals surface area contributed by atoms with Crippen LogP contribution >= 0.6 is 0 Å². The molecule has 150 valence electrons. The molecule has 4 rings (SSSR count). The van der Waals surface area contributed by atoms with Crippen molar-refractivity contribution in [1.82, 2.24) is 4.98 Å². The highest BCUT2D eigenvalue weighted by Gasteiger charge is 2.18. The third-order valence-corrected chi connectivity index (χ3v) is 4.72. The maximum absolute atomic E-state index is 12.8. The van der Waals surface area contributed by atoms with E-state index in [0.29, 0.717) is 29.9 Å². The Hall–Kier alpha value is -4.20. The van der Waals surface area contributed by atoms with Crippen molar-refractivity contribution >= 4 is 34.8 Å². The van der Waals surface area contributed by atoms with Crippen LogP contribution < -0.4 is 21.7 Å². The number of aromatic nitrogens is 1. The highest BCUT2D eigenvalue weighted by atomic mass is 16.2. The van der Waals surface area contributed by atoms with E-state index in [9.17, 15) is 14.4 Å². The molecule has 0 saturated carbocycles. The van der Waals surface area contributed by atoms with E-state index in [2.05, 4.69) is 20.9 Å². The first-order valence-corrected chi connectivity index (χ1v) is 9.31. The first-order valence-electron chi connectivity index (χ1n) is 9.31. The number of carbonyl (C=O) groups excluding carboxylic acids is 3. The number of carbonyl (C=O) groups is 3. The SMILES string of the molecule is NC(=O)c1ccc(CNc2ccccc2C(=O)Nc2ccc3c(c2)CC(=O)N3)cn1. The Labute approximate surface area is 172 Å². The molecule has 5 N–H and O–H groups in total. The van der Waals surface area contributed by atoms with Crippen LogP contribution in [0.25, 0.3) is 0 Å². The van der Waals surface area contributed by atoms with E-state index in [1.54, 1.807) is 48.7 Å². The summed E-state index contributed by atoms with van der Waals surface area (Å²) in [4.78, 5) is 39.5. The zero-order chi connectivity index (χ0) is 21.1. The van der Waals surface area contributed by atoms with E-state index < -0.39 is 5.91 Å². The minimum Gasteiger partial charge on any atom is -0.380 e. The molecule has 2 aromatic carbocycles. The normalized spacial score (nSPS) is 12.1. The number of rotatable bonds is 6. The molecule has 0 aliphatic carbocycles. The Morgan fingerprint density at radius 1 is 1.10 bits per heavy atom. The van der Waals surface area contributed by atoms with Gasteiger partial charge in [0.05, 0.1) is 12.0 Å². The lowest BCUT2D eigenvalue weighted by Gasteiger charge is -2.13. The predicted octanol–water partition coefficient (Wildman–Crippen LogP) is 2.54. The third kappa shape index (κ3) is 4.12. The van der Waals surface area contributed by atoms with E-state index >= 15 is 0 Å². The number of anilines is 3. The molecule has 30 heavy (non-hydrogen) atoms. The van der Waals surface area contributed by atoms with Gasteiger partial charge in [-0.15, -0.1) is 0 Å². The van der Waals surface area contributed by atoms with Crippen LogP contribution in [0.3, 0.4) is 0 Å². The molecule has 0 fully saturated rings. The first-order chi connectivity index (χ1) is 14.5. The van der Waals surface area contributed by atoms with Crippen molar-refractivity contribution in [3.63, 3.8) is 0 Å². The van der Waals surface area contributed by atoms with Gasteiger partial charge in [-0.25, -0.2) is 0 Å². The Bertz CT molecular complexity index is 1140. The standard InChI is InChI=1S/C22H19N5O3/c23-21(29)19-7-5-13(12-25-19)11-24-18-4-2-1-3-16(18)22(30)26-15-6-8-17-14(9-15)10-20(28)27-17/h1-9,12,24H,10-11H2,(H2,23,29)(H,26,30)(H,27,28). The van der Waals surface area contributed by atoms with E-state index in [0.717, 1.165) is 16.8 Å². The van der Waals surface area contributed by atoms with Gasteiger partial charge in [0.1, 0.15) is 5.69 Å². The Kier molecular flexibility index (Phi) is 5.13. The maximum atomic E-state index is 12.8. The summed E-state index contributed by atoms with van der Waals surface area (Å²) >= 11 is 0. The van der Waals surface area contributed by atoms with Crippen LogP contribution in [0, 0.1) is 0 Å². The van der Waals surface area contributed by atoms with Crippen molar-refractivity contribution < 1.29 is 14.4 Å². The largest absolute Gasteiger partial charge is 0.380 e. The van der Waals surface area contributed by atoms with Gasteiger partial charge in [-0.2, -0.15) is 0 Å². The Morgan fingerprint density at radius 2 is 1.93 bits per heavy atom. The summed E-state index contributed by atoms with van der Waals surface area (Å²) in [5, 5.41) is 8.87. The zero-order valence-electron chi connectivity index (χ0n) is 15.9. The van der Waals surface area contributed by atoms with E-state index in [-0.39, 0.29) is 17.5 Å². The highest BCUT2D eigenvalue weighted by Crippen LogP contribution is 2.27. The molecule has 0 bridgehead atoms. The zero-order valence-corrected chi connectivity index (χ0v) is 15.9. The van der Waals surface area contributed by atoms with Crippen molar-refractivity contribution in [2.24, 2.45) is 5.73 Å². The lowest BCUT2D eigenvalue weighted by molar-refractivity contribution is -0.115. The number of hydrogen-bond donors (Lipinski definition) is 4. The maximum Gasteiger partial charge on any atom is 0.267 e. The van der Waals surface area contributed by atoms with Gasteiger partial charge in [0.2, 0.25) is 5.91 Å². The molecule has 0 spiro atoms. The number of nitrogens with two attached hydrogens (primary N) is 1. The fourth-order valence-electron chi connectivity index (χ4n) is 3.21. The summed E-state index contributed by atoms with van der Waals surface area (Å²) in [5.41, 5.74) is 9.63. The second-order valence-corrected chi connectivity index (χ2v) is 6.87. The van der Waals surface area contributed by atoms with Crippen molar-refractivity contribution in [3.05, 3.63) is 83.2 Å². The van der Waals surface area contributed by atoms with Crippen molar-refractivity contribution in [1.29, 1.82) is 0 Å². The van der Waals surface area contributed by atoms with Gasteiger partial charge in [-0.1, -0.05) is 18.2 Å². The van der Waals surface area contributed by atoms with Gasteiger partial charge in [0.15, 0.2) is 0 Å². The van der Waals surface area contributed by atoms with Crippen LogP contribution in [0.15, 0.2) is 60.8 Å². The van der Waals surface area contributed by atoms with Gasteiger partial charge in [0, 0.05) is 29.8 Å². The molecule has 3 aromatic rings. The molecule has 8 heteroatoms. The summed E-state index contributed by atoms with van der Waals surface area (Å²) in [6.07, 6.45) is 1.87. The molecule has 1 aliphatic rings. The molecule has 0 unspecified atom stereocenters. The number of primary amides is 1. The highest BCUT2D eigenvalue weighted by molar-refractivity contribution is 6.08. The second kappa shape index (κ2) is 8.04. The summed E-state index contributed by atoms with van der Waals surface area (Å²) < 4.78 is 0. The predicted molar refractivity (Wildman–Crippen MR) is 113 cm³/mol. The first kappa shape index (κ1) is 19.1. The molecule has 2 heterocycles. The number of hydrogen-bond acceptors (Lipinski definition) is 5. The van der Waals surface area contributed by atoms with E-state index in [1.165, 1.54) is 0 Å². The molecule has 8 nitrogen and oxygen atoms in total. The Balaban J connectivity index is 1.46. The molecule has 0 atom stereocenters. The topological polar surface area (TPSA) is 126 Å². The van der Waals surface area contributed by atoms with Gasteiger partial charge in [-0.05, 0) is 47.5 Å². The van der Waals surface area contributed by atoms with Gasteiger partial charge in [0.25, 0.3) is 11.8 Å². The molecular formula is C22H19N5O3. The fourth-order valence-corrected chi connectivity index (χ4v) is 3.21. The number of nitrogens with zero attached hydrogens (tertiary/aromatic N) is 1. The average molecular weight is 401 g/mol. The quantitative estimate of drug-likeness (QED) is 0.505. The molecule has 1 aromatic heterocycles. The lowest BCUT2D eigenvalue weighted by Crippen LogP contribution is -2.15. The van der Waals surface area contributed by atoms with Gasteiger partial charge in [-0.3, -0.25) is 19.4 Å². The van der Waals surface area contributed by atoms with E-state index in [4.69, 9.17) is 5.73 Å². The minimum atomic E-state index is -0.580. The van der Waals surface area contributed by atoms with Crippen LogP contribution in [0.2, 0.25) is 0 Å². The third-order valence-electron chi connectivity index (χ3n) is 4.72. The van der Waals surface area contributed by atoms with E-state index in [1.807, 2.05) is 12.1 Å². The number of fused-ring (bicyclic) bond motifs is 1. The molecular weight excluding hydrogens is 382 g/mol. The number of para-hydroxylation sites is 1. The molecule has 0 saturated heterocycles. The molecule has 0 radical (unpaired) electrons. The summed E-state index contributed by atoms with van der Waals surface area (Å²) in [7, 11) is 0. The van der Waals surface area contributed by atoms with Gasteiger partial charge < -0.3 is 21.7 Å². The Morgan fingerprint density at radius 3 is 2.70 bits per heavy atom. The van der Waals surface area contributed by atoms with Crippen LogP contribution in [0.5, 0.6) is 0 Å². The van der Waals surface area contributed by atoms with Crippen LogP contribution in [-0.4, -0.2) is 22.7 Å². The minimum absolute atomic E-state index is 0.0543. The van der Waals surface area contributed by atoms with Crippen LogP contribution in [0.1, 0.15) is 32.0 Å². The van der Waals surface area contributed by atoms with Gasteiger partial charge >= 0.3 is 0 Å². The van der Waals surface area contributed by atoms with Crippen LogP contribution in [-0.2, 0) is 17.8 Å². The number of pyridine rings is 1. The lowest BCUT2D eigenvalue weighted by atomic mass is 10.1. The number of benzene rings is 2. The summed E-state index contributed by atoms with van der Waals surface area (Å²) in [6.45, 7) is 0.420. The number of nitrogens with one attached hydrogen (secondary N) is 3. The van der Waals surface area contributed by atoms with Crippen LogP contribution in [0.4, 0.5) is 17.1 Å². The second-order valence-electron chi connectivity index (χ2n) is 6.87. The summed E-state index contributed by atoms with van der Waals surface area (Å²) in [6, 6.07) is 15.8. The van der Waals surface area contributed by atoms with Crippen molar-refractivity contribution in [2.45, 2.75) is 13.0 Å². The van der Waals surface area contributed by atoms with Crippen molar-refractivity contribution in [3.8, 4) is 0 Å². The molecule has 3 amide bonds. The monoisotopic (exact) mass is 401 g/mol.